The van der Waals surface area contributed by atoms with Crippen molar-refractivity contribution in [1.29, 1.82) is 0 Å². The molecule has 4 aromatic rings. The Morgan fingerprint density at radius 3 is 2.70 bits per heavy atom. The fourth-order valence-electron chi connectivity index (χ4n) is 3.02. The van der Waals surface area contributed by atoms with Gasteiger partial charge in [-0.1, -0.05) is 20.3 Å². The Labute approximate surface area is 158 Å². The summed E-state index contributed by atoms with van der Waals surface area (Å²) in [6.07, 6.45) is 7.68. The minimum absolute atomic E-state index is 0.595. The van der Waals surface area contributed by atoms with Gasteiger partial charge in [-0.2, -0.15) is 5.10 Å². The molecule has 4 heterocycles. The van der Waals surface area contributed by atoms with Gasteiger partial charge in [0.1, 0.15) is 17.5 Å². The van der Waals surface area contributed by atoms with E-state index in [1.54, 1.807) is 17.1 Å². The van der Waals surface area contributed by atoms with Crippen LogP contribution in [0.3, 0.4) is 0 Å². The third kappa shape index (κ3) is 3.53. The first-order valence-electron chi connectivity index (χ1n) is 9.19. The van der Waals surface area contributed by atoms with E-state index in [4.69, 9.17) is 0 Å². The summed E-state index contributed by atoms with van der Waals surface area (Å²) >= 11 is 0. The molecule has 4 rings (SSSR count). The van der Waals surface area contributed by atoms with Crippen LogP contribution in [0, 0.1) is 5.92 Å². The third-order valence-electron chi connectivity index (χ3n) is 4.88. The van der Waals surface area contributed by atoms with Crippen molar-refractivity contribution in [3.63, 3.8) is 0 Å². The van der Waals surface area contributed by atoms with Gasteiger partial charge in [0.05, 0.1) is 6.20 Å². The first kappa shape index (κ1) is 17.2. The lowest BCUT2D eigenvalue weighted by molar-refractivity contribution is 0.540. The van der Waals surface area contributed by atoms with Crippen LogP contribution in [0.15, 0.2) is 48.9 Å². The number of fused-ring (bicyclic) bond motifs is 1. The Hall–Kier alpha value is -3.22. The monoisotopic (exact) mass is 361 g/mol. The molecule has 0 aliphatic carbocycles. The van der Waals surface area contributed by atoms with E-state index in [9.17, 15) is 0 Å². The molecule has 0 saturated carbocycles. The highest BCUT2D eigenvalue weighted by molar-refractivity contribution is 5.70. The van der Waals surface area contributed by atoms with Crippen LogP contribution in [0.1, 0.15) is 26.1 Å². The Balaban J connectivity index is 1.62. The van der Waals surface area contributed by atoms with Crippen molar-refractivity contribution >= 4 is 17.3 Å². The number of hydrogen-bond acceptors (Lipinski definition) is 5. The van der Waals surface area contributed by atoms with Crippen LogP contribution >= 0.6 is 0 Å². The van der Waals surface area contributed by atoms with Crippen LogP contribution in [0.4, 0.5) is 11.6 Å². The zero-order valence-corrected chi connectivity index (χ0v) is 15.8. The Kier molecular flexibility index (Phi) is 4.58. The largest absolute Gasteiger partial charge is 0.325 e. The maximum atomic E-state index is 4.40. The quantitative estimate of drug-likeness (QED) is 0.564. The molecule has 0 fully saturated rings. The van der Waals surface area contributed by atoms with E-state index in [0.717, 1.165) is 47.1 Å². The molecule has 0 unspecified atom stereocenters. The van der Waals surface area contributed by atoms with Gasteiger partial charge in [0, 0.05) is 31.9 Å². The van der Waals surface area contributed by atoms with E-state index < -0.39 is 0 Å². The molecule has 0 spiro atoms. The van der Waals surface area contributed by atoms with Crippen molar-refractivity contribution in [3.05, 3.63) is 54.7 Å². The molecular formula is C20H23N7. The number of hydrogen-bond donors (Lipinski definition) is 1. The van der Waals surface area contributed by atoms with Crippen molar-refractivity contribution in [2.24, 2.45) is 13.0 Å². The van der Waals surface area contributed by atoms with Crippen molar-refractivity contribution < 1.29 is 0 Å². The van der Waals surface area contributed by atoms with Gasteiger partial charge in [-0.25, -0.2) is 4.98 Å². The number of aryl methyl sites for hydroxylation is 1. The molecule has 1 atom stereocenters. The highest BCUT2D eigenvalue weighted by atomic mass is 15.3. The van der Waals surface area contributed by atoms with E-state index in [1.165, 1.54) is 0 Å². The number of nitrogens with one attached hydrogen (secondary N) is 1. The first-order valence-corrected chi connectivity index (χ1v) is 9.19. The molecule has 1 N–H and O–H groups in total. The molecule has 0 radical (unpaired) electrons. The summed E-state index contributed by atoms with van der Waals surface area (Å²) < 4.78 is 3.85. The summed E-state index contributed by atoms with van der Waals surface area (Å²) in [5.41, 5.74) is 3.02. The van der Waals surface area contributed by atoms with E-state index in [2.05, 4.69) is 62.2 Å². The summed E-state index contributed by atoms with van der Waals surface area (Å²) in [5, 5.41) is 16.2. The molecule has 0 bridgehead atoms. The maximum Gasteiger partial charge on any atom is 0.161 e. The average Bonchev–Trinajstić information content (AvgIpc) is 3.28. The normalized spacial score (nSPS) is 12.4. The molecule has 0 aliphatic rings. The van der Waals surface area contributed by atoms with Gasteiger partial charge in [-0.05, 0) is 41.3 Å². The van der Waals surface area contributed by atoms with E-state index in [-0.39, 0.29) is 0 Å². The second kappa shape index (κ2) is 7.19. The van der Waals surface area contributed by atoms with Crippen molar-refractivity contribution in [3.8, 4) is 11.1 Å². The van der Waals surface area contributed by atoms with Crippen LogP contribution in [0.5, 0.6) is 0 Å². The van der Waals surface area contributed by atoms with Crippen molar-refractivity contribution in [1.82, 2.24) is 29.4 Å². The lowest BCUT2D eigenvalue weighted by Crippen LogP contribution is -2.02. The predicted molar refractivity (Wildman–Crippen MR) is 106 cm³/mol. The highest BCUT2D eigenvalue weighted by Crippen LogP contribution is 2.24. The van der Waals surface area contributed by atoms with Crippen LogP contribution < -0.4 is 5.32 Å². The molecule has 0 aromatic carbocycles. The van der Waals surface area contributed by atoms with Gasteiger partial charge in [0.25, 0.3) is 0 Å². The number of anilines is 2. The van der Waals surface area contributed by atoms with E-state index >= 15 is 0 Å². The molecule has 138 valence electrons. The SMILES string of the molecule is CC[C@H](C)Cc1nnc2cc(-c3ccnc(Nc4ccnn4C)c3)ccn12. The number of nitrogens with zero attached hydrogens (tertiary/aromatic N) is 6. The standard InChI is InChI=1S/C20H23N7/c1-4-14(2)11-19-24-25-20-13-16(7-10-27(19)20)15-5-8-21-17(12-15)23-18-6-9-22-26(18)3/h5-10,12-14H,4,11H2,1-3H3,(H,21,23)/t14-/m0/s1. The van der Waals surface area contributed by atoms with Crippen LogP contribution in [-0.2, 0) is 13.5 Å². The smallest absolute Gasteiger partial charge is 0.161 e. The molecule has 7 heteroatoms. The van der Waals surface area contributed by atoms with Crippen molar-refractivity contribution in [2.45, 2.75) is 26.7 Å². The Morgan fingerprint density at radius 2 is 1.93 bits per heavy atom. The summed E-state index contributed by atoms with van der Waals surface area (Å²) in [6, 6.07) is 10.1. The minimum atomic E-state index is 0.595. The molecule has 0 saturated heterocycles. The zero-order valence-electron chi connectivity index (χ0n) is 15.8. The molecule has 4 aromatic heterocycles. The van der Waals surface area contributed by atoms with Crippen LogP contribution in [0.25, 0.3) is 16.8 Å². The maximum absolute atomic E-state index is 4.40. The van der Waals surface area contributed by atoms with E-state index in [1.807, 2.05) is 25.2 Å². The van der Waals surface area contributed by atoms with Gasteiger partial charge in [0.2, 0.25) is 0 Å². The minimum Gasteiger partial charge on any atom is -0.325 e. The highest BCUT2D eigenvalue weighted by Gasteiger charge is 2.10. The van der Waals surface area contributed by atoms with Gasteiger partial charge in [0.15, 0.2) is 5.65 Å². The second-order valence-corrected chi connectivity index (χ2v) is 6.87. The van der Waals surface area contributed by atoms with Gasteiger partial charge >= 0.3 is 0 Å². The Bertz CT molecular complexity index is 1060. The Morgan fingerprint density at radius 1 is 1.07 bits per heavy atom. The topological polar surface area (TPSA) is 72.9 Å². The number of rotatable bonds is 6. The van der Waals surface area contributed by atoms with Gasteiger partial charge < -0.3 is 5.32 Å². The van der Waals surface area contributed by atoms with Crippen LogP contribution in [-0.4, -0.2) is 29.4 Å². The predicted octanol–water partition coefficient (Wildman–Crippen LogP) is 3.86. The zero-order chi connectivity index (χ0) is 18.8. The molecule has 7 nitrogen and oxygen atoms in total. The summed E-state index contributed by atoms with van der Waals surface area (Å²) in [7, 11) is 1.89. The van der Waals surface area contributed by atoms with Crippen molar-refractivity contribution in [2.75, 3.05) is 5.32 Å². The summed E-state index contributed by atoms with van der Waals surface area (Å²) in [6.45, 7) is 4.44. The summed E-state index contributed by atoms with van der Waals surface area (Å²) in [4.78, 5) is 4.40. The molecule has 0 amide bonds. The molecule has 0 aliphatic heterocycles. The summed E-state index contributed by atoms with van der Waals surface area (Å²) in [5.74, 6) is 3.27. The average molecular weight is 361 g/mol. The second-order valence-electron chi connectivity index (χ2n) is 6.87. The fourth-order valence-corrected chi connectivity index (χ4v) is 3.02. The van der Waals surface area contributed by atoms with E-state index in [0.29, 0.717) is 5.92 Å². The van der Waals surface area contributed by atoms with Gasteiger partial charge in [-0.3, -0.25) is 9.08 Å². The lowest BCUT2D eigenvalue weighted by Gasteiger charge is -2.09. The third-order valence-corrected chi connectivity index (χ3v) is 4.88. The lowest BCUT2D eigenvalue weighted by atomic mass is 10.1. The number of aromatic nitrogens is 6. The van der Waals surface area contributed by atoms with Crippen LogP contribution in [0.2, 0.25) is 0 Å². The number of pyridine rings is 2. The first-order chi connectivity index (χ1) is 13.1. The fraction of sp³-hybridized carbons (Fsp3) is 0.300. The van der Waals surface area contributed by atoms with Gasteiger partial charge in [-0.15, -0.1) is 10.2 Å². The molecule has 27 heavy (non-hydrogen) atoms. The molecular weight excluding hydrogens is 338 g/mol.